The van der Waals surface area contributed by atoms with Crippen LogP contribution in [0.15, 0.2) is 47.3 Å². The molecule has 1 unspecified atom stereocenters. The van der Waals surface area contributed by atoms with E-state index in [0.717, 1.165) is 11.0 Å². The fourth-order valence-corrected chi connectivity index (χ4v) is 3.53. The molecule has 2 aromatic carbocycles. The van der Waals surface area contributed by atoms with E-state index < -0.39 is 0 Å². The van der Waals surface area contributed by atoms with Crippen LogP contribution in [-0.4, -0.2) is 25.4 Å². The lowest BCUT2D eigenvalue weighted by Crippen LogP contribution is -2.27. The molecular formula is C20H19N5O2S. The van der Waals surface area contributed by atoms with Crippen LogP contribution < -0.4 is 10.9 Å². The van der Waals surface area contributed by atoms with E-state index in [0.29, 0.717) is 33.6 Å². The van der Waals surface area contributed by atoms with Crippen molar-refractivity contribution in [1.29, 1.82) is 0 Å². The number of benzene rings is 2. The van der Waals surface area contributed by atoms with Crippen molar-refractivity contribution in [2.75, 3.05) is 0 Å². The Morgan fingerprint density at radius 2 is 2.00 bits per heavy atom. The average Bonchev–Trinajstić information content (AvgIpc) is 3.12. The van der Waals surface area contributed by atoms with Crippen LogP contribution in [0, 0.1) is 4.77 Å². The molecule has 0 spiro atoms. The summed E-state index contributed by atoms with van der Waals surface area (Å²) in [6.07, 6.45) is 0. The predicted molar refractivity (Wildman–Crippen MR) is 111 cm³/mol. The summed E-state index contributed by atoms with van der Waals surface area (Å²) in [6, 6.07) is 12.3. The van der Waals surface area contributed by atoms with E-state index in [4.69, 9.17) is 12.2 Å². The van der Waals surface area contributed by atoms with Gasteiger partial charge >= 0.3 is 0 Å². The van der Waals surface area contributed by atoms with Gasteiger partial charge in [0.2, 0.25) is 0 Å². The second kappa shape index (κ2) is 7.05. The first kappa shape index (κ1) is 18.1. The molecule has 0 aliphatic heterocycles. The Hall–Kier alpha value is -3.26. The van der Waals surface area contributed by atoms with Crippen LogP contribution in [0.25, 0.3) is 21.9 Å². The number of hydrogen-bond donors (Lipinski definition) is 3. The second-order valence-electron chi connectivity index (χ2n) is 6.57. The van der Waals surface area contributed by atoms with Crippen LogP contribution in [0.2, 0.25) is 0 Å². The molecule has 0 saturated heterocycles. The summed E-state index contributed by atoms with van der Waals surface area (Å²) in [5.74, 6) is 0.425. The van der Waals surface area contributed by atoms with Crippen molar-refractivity contribution in [2.24, 2.45) is 0 Å². The Labute approximate surface area is 165 Å². The van der Waals surface area contributed by atoms with Crippen LogP contribution in [0.5, 0.6) is 0 Å². The molecule has 2 aromatic heterocycles. The monoisotopic (exact) mass is 393 g/mol. The van der Waals surface area contributed by atoms with Gasteiger partial charge in [0.15, 0.2) is 4.77 Å². The first-order valence-corrected chi connectivity index (χ1v) is 9.41. The third-order valence-corrected chi connectivity index (χ3v) is 5.05. The molecule has 2 heterocycles. The molecule has 142 valence electrons. The first-order valence-electron chi connectivity index (χ1n) is 9.00. The lowest BCUT2D eigenvalue weighted by atomic mass is 10.1. The number of carbonyl (C=O) groups excluding carboxylic acids is 1. The highest BCUT2D eigenvalue weighted by Crippen LogP contribution is 2.17. The quantitative estimate of drug-likeness (QED) is 0.463. The minimum Gasteiger partial charge on any atom is -0.342 e. The van der Waals surface area contributed by atoms with Crippen LogP contribution >= 0.6 is 12.2 Å². The van der Waals surface area contributed by atoms with Gasteiger partial charge in [-0.15, -0.1) is 0 Å². The number of aromatic nitrogens is 4. The van der Waals surface area contributed by atoms with E-state index in [1.165, 1.54) is 4.57 Å². The molecule has 0 fully saturated rings. The molecule has 0 aliphatic rings. The minimum atomic E-state index is -0.304. The topological polar surface area (TPSA) is 95.6 Å². The van der Waals surface area contributed by atoms with E-state index in [9.17, 15) is 9.59 Å². The zero-order chi connectivity index (χ0) is 19.8. The van der Waals surface area contributed by atoms with E-state index >= 15 is 0 Å². The Morgan fingerprint density at radius 1 is 1.21 bits per heavy atom. The Morgan fingerprint density at radius 3 is 2.75 bits per heavy atom. The molecule has 1 atom stereocenters. The molecule has 0 radical (unpaired) electrons. The third-order valence-electron chi connectivity index (χ3n) is 4.73. The molecule has 4 rings (SSSR count). The molecule has 0 saturated carbocycles. The molecule has 0 bridgehead atoms. The number of H-pyrrole nitrogens is 2. The molecule has 28 heavy (non-hydrogen) atoms. The first-order chi connectivity index (χ1) is 13.5. The number of nitrogens with zero attached hydrogens (tertiary/aromatic N) is 2. The number of amides is 1. The van der Waals surface area contributed by atoms with Gasteiger partial charge in [0.05, 0.1) is 28.0 Å². The Kier molecular flexibility index (Phi) is 4.56. The van der Waals surface area contributed by atoms with Gasteiger partial charge in [-0.25, -0.2) is 4.98 Å². The summed E-state index contributed by atoms with van der Waals surface area (Å²) < 4.78 is 1.83. The van der Waals surface area contributed by atoms with Gasteiger partial charge in [0.1, 0.15) is 5.82 Å². The van der Waals surface area contributed by atoms with Crippen molar-refractivity contribution < 1.29 is 4.79 Å². The highest BCUT2D eigenvalue weighted by molar-refractivity contribution is 7.71. The maximum absolute atomic E-state index is 12.7. The number of para-hydroxylation sites is 2. The van der Waals surface area contributed by atoms with Crippen molar-refractivity contribution in [3.8, 4) is 0 Å². The number of imidazole rings is 1. The predicted octanol–water partition coefficient (Wildman–Crippen LogP) is 3.45. The molecule has 8 heteroatoms. The van der Waals surface area contributed by atoms with Crippen molar-refractivity contribution in [2.45, 2.75) is 26.4 Å². The summed E-state index contributed by atoms with van der Waals surface area (Å²) in [5, 5.41) is 3.43. The number of hydrogen-bond acceptors (Lipinski definition) is 4. The zero-order valence-electron chi connectivity index (χ0n) is 15.4. The zero-order valence-corrected chi connectivity index (χ0v) is 16.3. The molecular weight excluding hydrogens is 374 g/mol. The van der Waals surface area contributed by atoms with Crippen molar-refractivity contribution in [3.05, 3.63) is 69.0 Å². The number of fused-ring (bicyclic) bond motifs is 2. The van der Waals surface area contributed by atoms with Crippen LogP contribution in [0.1, 0.15) is 36.1 Å². The van der Waals surface area contributed by atoms with Crippen LogP contribution in [0.4, 0.5) is 0 Å². The van der Waals surface area contributed by atoms with E-state index in [2.05, 4.69) is 20.3 Å². The maximum Gasteiger partial charge on any atom is 0.262 e. The van der Waals surface area contributed by atoms with Crippen LogP contribution in [0.3, 0.4) is 0 Å². The minimum absolute atomic E-state index is 0.163. The maximum atomic E-state index is 12.7. The van der Waals surface area contributed by atoms with Crippen LogP contribution in [-0.2, 0) is 6.54 Å². The van der Waals surface area contributed by atoms with E-state index in [-0.39, 0.29) is 17.5 Å². The number of carbonyl (C=O) groups is 1. The lowest BCUT2D eigenvalue weighted by Gasteiger charge is -2.12. The highest BCUT2D eigenvalue weighted by Gasteiger charge is 2.16. The van der Waals surface area contributed by atoms with Gasteiger partial charge in [-0.3, -0.25) is 14.2 Å². The normalized spacial score (nSPS) is 12.4. The largest absolute Gasteiger partial charge is 0.342 e. The van der Waals surface area contributed by atoms with Gasteiger partial charge in [0, 0.05) is 12.1 Å². The second-order valence-corrected chi connectivity index (χ2v) is 6.96. The Balaban J connectivity index is 1.63. The van der Waals surface area contributed by atoms with Crippen molar-refractivity contribution in [3.63, 3.8) is 0 Å². The lowest BCUT2D eigenvalue weighted by molar-refractivity contribution is 0.0938. The Bertz CT molecular complexity index is 1280. The van der Waals surface area contributed by atoms with E-state index in [1.807, 2.05) is 38.1 Å². The summed E-state index contributed by atoms with van der Waals surface area (Å²) in [4.78, 5) is 35.9. The van der Waals surface area contributed by atoms with Gasteiger partial charge < -0.3 is 15.3 Å². The van der Waals surface area contributed by atoms with Crippen molar-refractivity contribution >= 4 is 40.1 Å². The van der Waals surface area contributed by atoms with Gasteiger partial charge in [-0.2, -0.15) is 0 Å². The summed E-state index contributed by atoms with van der Waals surface area (Å²) in [5.41, 5.74) is 2.59. The highest BCUT2D eigenvalue weighted by atomic mass is 32.1. The summed E-state index contributed by atoms with van der Waals surface area (Å²) in [7, 11) is 0. The van der Waals surface area contributed by atoms with Gasteiger partial charge in [-0.1, -0.05) is 12.1 Å². The molecule has 7 nitrogen and oxygen atoms in total. The van der Waals surface area contributed by atoms with E-state index in [1.54, 1.807) is 18.2 Å². The number of aromatic amines is 2. The van der Waals surface area contributed by atoms with Crippen molar-refractivity contribution in [1.82, 2.24) is 24.8 Å². The molecule has 0 aliphatic carbocycles. The smallest absolute Gasteiger partial charge is 0.262 e. The van der Waals surface area contributed by atoms with Gasteiger partial charge in [-0.05, 0) is 56.4 Å². The fourth-order valence-electron chi connectivity index (χ4n) is 3.21. The van der Waals surface area contributed by atoms with Gasteiger partial charge in [0.25, 0.3) is 11.5 Å². The molecule has 3 N–H and O–H groups in total. The standard InChI is InChI=1S/C20H19N5O2S/c1-3-25-19(27)13-9-8-12(10-16(13)24-20(25)28)18(26)21-11(2)17-22-14-6-4-5-7-15(14)23-17/h4-11H,3H2,1-2H3,(H,21,26)(H,22,23)(H,24,28). The number of rotatable bonds is 4. The molecule has 4 aromatic rings. The summed E-state index contributed by atoms with van der Waals surface area (Å²) in [6.45, 7) is 4.21. The fraction of sp³-hybridized carbons (Fsp3) is 0.200. The third kappa shape index (κ3) is 3.11. The SMILES string of the molecule is CCn1c(=S)[nH]c2cc(C(=O)NC(C)c3nc4ccccc4[nH]3)ccc2c1=O. The average molecular weight is 393 g/mol. The summed E-state index contributed by atoms with van der Waals surface area (Å²) >= 11 is 5.23. The molecule has 1 amide bonds. The number of nitrogens with one attached hydrogen (secondary N) is 3.